The van der Waals surface area contributed by atoms with Crippen LogP contribution in [-0.4, -0.2) is 55.3 Å². The average molecular weight is 555 g/mol. The first kappa shape index (κ1) is 25.4. The number of hydrogen-bond donors (Lipinski definition) is 2. The predicted octanol–water partition coefficient (Wildman–Crippen LogP) is 5.71. The zero-order chi connectivity index (χ0) is 26.9. The third kappa shape index (κ3) is 5.39. The third-order valence-corrected chi connectivity index (χ3v) is 8.92. The van der Waals surface area contributed by atoms with Crippen molar-refractivity contribution >= 4 is 22.7 Å². The van der Waals surface area contributed by atoms with Crippen molar-refractivity contribution in [2.75, 3.05) is 49.6 Å². The number of benzene rings is 2. The second kappa shape index (κ2) is 11.1. The minimum atomic E-state index is -0.110. The number of aromatic amines is 1. The molecule has 0 bridgehead atoms. The fourth-order valence-corrected chi connectivity index (χ4v) is 6.73. The van der Waals surface area contributed by atoms with Crippen LogP contribution in [0.25, 0.3) is 11.3 Å². The van der Waals surface area contributed by atoms with Gasteiger partial charge in [0.2, 0.25) is 5.56 Å². The van der Waals surface area contributed by atoms with Crippen molar-refractivity contribution in [1.82, 2.24) is 9.88 Å². The van der Waals surface area contributed by atoms with Crippen molar-refractivity contribution < 1.29 is 9.47 Å². The van der Waals surface area contributed by atoms with Crippen LogP contribution < -0.4 is 20.5 Å². The molecule has 0 atom stereocenters. The number of likely N-dealkylation sites (tertiary alicyclic amines) is 1. The van der Waals surface area contributed by atoms with Crippen molar-refractivity contribution in [2.24, 2.45) is 0 Å². The summed E-state index contributed by atoms with van der Waals surface area (Å²) in [5.74, 6) is 1.70. The zero-order valence-corrected chi connectivity index (χ0v) is 23.3. The first-order chi connectivity index (χ1) is 19.7. The maximum Gasteiger partial charge on any atom is 0.250 e. The summed E-state index contributed by atoms with van der Waals surface area (Å²) in [4.78, 5) is 20.4. The van der Waals surface area contributed by atoms with E-state index >= 15 is 0 Å². The lowest BCUT2D eigenvalue weighted by Gasteiger charge is -2.33. The van der Waals surface area contributed by atoms with E-state index < -0.39 is 0 Å². The number of H-pyrrole nitrogens is 1. The van der Waals surface area contributed by atoms with Gasteiger partial charge >= 0.3 is 0 Å². The molecule has 0 saturated carbocycles. The fraction of sp³-hybridized carbons (Fsp3) is 0.344. The number of pyridine rings is 1. The van der Waals surface area contributed by atoms with Crippen molar-refractivity contribution in [1.29, 1.82) is 0 Å². The van der Waals surface area contributed by atoms with Gasteiger partial charge in [0.1, 0.15) is 11.5 Å². The normalized spacial score (nSPS) is 17.6. The summed E-state index contributed by atoms with van der Waals surface area (Å²) < 4.78 is 12.0. The lowest BCUT2D eigenvalue weighted by Crippen LogP contribution is -2.38. The fourth-order valence-electron chi connectivity index (χ4n) is 6.07. The third-order valence-electron chi connectivity index (χ3n) is 8.19. The predicted molar refractivity (Wildman–Crippen MR) is 161 cm³/mol. The first-order valence-electron chi connectivity index (χ1n) is 14.2. The summed E-state index contributed by atoms with van der Waals surface area (Å²) in [6, 6.07) is 19.1. The van der Waals surface area contributed by atoms with Gasteiger partial charge in [0, 0.05) is 73.8 Å². The maximum absolute atomic E-state index is 12.6. The number of ether oxygens (including phenoxy) is 2. The molecule has 206 valence electrons. The van der Waals surface area contributed by atoms with Gasteiger partial charge in [-0.3, -0.25) is 9.69 Å². The molecule has 7 nitrogen and oxygen atoms in total. The van der Waals surface area contributed by atoms with Gasteiger partial charge in [0.25, 0.3) is 0 Å². The number of fused-ring (bicyclic) bond motifs is 2. The molecule has 40 heavy (non-hydrogen) atoms. The Hall–Kier alpha value is -3.59. The van der Waals surface area contributed by atoms with Gasteiger partial charge in [-0.1, -0.05) is 12.1 Å². The smallest absolute Gasteiger partial charge is 0.250 e. The number of piperidine rings is 1. The number of thiophene rings is 1. The quantitative estimate of drug-likeness (QED) is 0.280. The molecule has 0 aliphatic carbocycles. The molecule has 3 aliphatic rings. The van der Waals surface area contributed by atoms with Crippen LogP contribution in [0.4, 0.5) is 11.4 Å². The molecule has 0 unspecified atom stereocenters. The number of anilines is 2. The van der Waals surface area contributed by atoms with Crippen LogP contribution in [0.1, 0.15) is 29.5 Å². The van der Waals surface area contributed by atoms with Gasteiger partial charge in [-0.15, -0.1) is 0 Å². The lowest BCUT2D eigenvalue weighted by atomic mass is 9.95. The number of hydrogen-bond acceptors (Lipinski definition) is 7. The molecular weight excluding hydrogens is 520 g/mol. The Kier molecular flexibility index (Phi) is 7.05. The van der Waals surface area contributed by atoms with Crippen molar-refractivity contribution in [3.05, 3.63) is 92.4 Å². The Morgan fingerprint density at radius 2 is 1.85 bits per heavy atom. The highest BCUT2D eigenvalue weighted by Crippen LogP contribution is 2.43. The van der Waals surface area contributed by atoms with Crippen LogP contribution in [0.3, 0.4) is 0 Å². The minimum Gasteiger partial charge on any atom is -0.456 e. The Labute approximate surface area is 238 Å². The van der Waals surface area contributed by atoms with Crippen molar-refractivity contribution in [3.8, 4) is 22.8 Å². The molecule has 4 aromatic rings. The summed E-state index contributed by atoms with van der Waals surface area (Å²) in [5, 5.41) is 8.19. The zero-order valence-electron chi connectivity index (χ0n) is 22.5. The van der Waals surface area contributed by atoms with E-state index in [1.165, 1.54) is 11.1 Å². The van der Waals surface area contributed by atoms with Crippen LogP contribution in [0.5, 0.6) is 11.5 Å². The molecule has 2 aromatic carbocycles. The van der Waals surface area contributed by atoms with E-state index in [0.717, 1.165) is 91.7 Å². The molecule has 8 heteroatoms. The number of rotatable bonds is 6. The van der Waals surface area contributed by atoms with Crippen molar-refractivity contribution in [3.63, 3.8) is 0 Å². The lowest BCUT2D eigenvalue weighted by molar-refractivity contribution is 0.122. The summed E-state index contributed by atoms with van der Waals surface area (Å²) in [6.07, 6.45) is 3.08. The van der Waals surface area contributed by atoms with E-state index in [9.17, 15) is 4.79 Å². The number of nitrogens with zero attached hydrogens (tertiary/aromatic N) is 2. The molecule has 0 radical (unpaired) electrons. The van der Waals surface area contributed by atoms with E-state index in [2.05, 4.69) is 67.3 Å². The highest BCUT2D eigenvalue weighted by Gasteiger charge is 2.24. The van der Waals surface area contributed by atoms with Gasteiger partial charge < -0.3 is 24.7 Å². The molecule has 7 rings (SSSR count). The Morgan fingerprint density at radius 3 is 2.67 bits per heavy atom. The summed E-state index contributed by atoms with van der Waals surface area (Å²) in [5.41, 5.74) is 7.38. The Balaban J connectivity index is 1.06. The molecule has 5 heterocycles. The summed E-state index contributed by atoms with van der Waals surface area (Å²) in [7, 11) is 0. The highest BCUT2D eigenvalue weighted by molar-refractivity contribution is 7.07. The van der Waals surface area contributed by atoms with Crippen LogP contribution in [0.15, 0.2) is 70.2 Å². The number of nitrogens with one attached hydrogen (secondary N) is 2. The molecular formula is C32H34N4O3S. The molecule has 2 saturated heterocycles. The standard InChI is InChI=1S/C32H34N4O3S/c37-31-19-27(36-11-13-38-14-12-36)18-29(34-31)28-3-1-2-23-16-24-17-26(4-5-30(24)39-32(23)28)33-25-6-9-35(10-7-25)20-22-8-15-40-21-22/h1-5,8,15,17-19,21,25,33H,6-7,9-14,16,20H2,(H,34,37). The van der Waals surface area contributed by atoms with Gasteiger partial charge in [0.15, 0.2) is 0 Å². The Morgan fingerprint density at radius 1 is 0.975 bits per heavy atom. The summed E-state index contributed by atoms with van der Waals surface area (Å²) >= 11 is 1.77. The first-order valence-corrected chi connectivity index (χ1v) is 15.1. The van der Waals surface area contributed by atoms with E-state index in [0.29, 0.717) is 19.3 Å². The highest BCUT2D eigenvalue weighted by atomic mass is 32.1. The SMILES string of the molecule is O=c1cc(N2CCOCC2)cc(-c2cccc3c2Oc2ccc(NC4CCN(Cc5ccsc5)CC4)cc2C3)[nH]1. The van der Waals surface area contributed by atoms with Gasteiger partial charge in [-0.2, -0.15) is 11.3 Å². The Bertz CT molecular complexity index is 1540. The molecule has 2 N–H and O–H groups in total. The summed E-state index contributed by atoms with van der Waals surface area (Å²) in [6.45, 7) is 6.20. The number of aromatic nitrogens is 1. The monoisotopic (exact) mass is 554 g/mol. The van der Waals surface area contributed by atoms with E-state index in [1.54, 1.807) is 17.4 Å². The van der Waals surface area contributed by atoms with Crippen LogP contribution >= 0.6 is 11.3 Å². The van der Waals surface area contributed by atoms with Gasteiger partial charge in [-0.05, 0) is 71.1 Å². The topological polar surface area (TPSA) is 69.8 Å². The van der Waals surface area contributed by atoms with Gasteiger partial charge in [0.05, 0.1) is 18.9 Å². The largest absolute Gasteiger partial charge is 0.456 e. The number of para-hydroxylation sites is 1. The van der Waals surface area contributed by atoms with Crippen molar-refractivity contribution in [2.45, 2.75) is 31.8 Å². The minimum absolute atomic E-state index is 0.110. The number of morpholine rings is 1. The van der Waals surface area contributed by atoms with E-state index in [1.807, 2.05) is 12.1 Å². The molecule has 0 spiro atoms. The van der Waals surface area contributed by atoms with E-state index in [4.69, 9.17) is 9.47 Å². The molecule has 2 aromatic heterocycles. The molecule has 2 fully saturated rings. The van der Waals surface area contributed by atoms with Gasteiger partial charge in [-0.25, -0.2) is 0 Å². The second-order valence-corrected chi connectivity index (χ2v) is 11.7. The van der Waals surface area contributed by atoms with Crippen LogP contribution in [-0.2, 0) is 17.7 Å². The second-order valence-electron chi connectivity index (χ2n) is 10.9. The molecule has 3 aliphatic heterocycles. The maximum atomic E-state index is 12.6. The average Bonchev–Trinajstić information content (AvgIpc) is 3.50. The molecule has 0 amide bonds. The van der Waals surface area contributed by atoms with Crippen LogP contribution in [0, 0.1) is 0 Å². The van der Waals surface area contributed by atoms with E-state index in [-0.39, 0.29) is 5.56 Å². The van der Waals surface area contributed by atoms with Crippen LogP contribution in [0.2, 0.25) is 0 Å².